The Kier molecular flexibility index (Phi) is 2.77. The van der Waals surface area contributed by atoms with Gasteiger partial charge in [0.25, 0.3) is 0 Å². The molecule has 1 aromatic rings. The molecule has 4 rings (SSSR count). The van der Waals surface area contributed by atoms with E-state index in [-0.39, 0.29) is 0 Å². The first-order valence-electron chi connectivity index (χ1n) is 7.19. The van der Waals surface area contributed by atoms with Crippen LogP contribution in [-0.2, 0) is 13.6 Å². The molecule has 0 aliphatic heterocycles. The second kappa shape index (κ2) is 4.09. The minimum Gasteiger partial charge on any atom is -0.337 e. The van der Waals surface area contributed by atoms with E-state index in [4.69, 9.17) is 0 Å². The Morgan fingerprint density at radius 1 is 1.44 bits per heavy atom. The third-order valence-electron chi connectivity index (χ3n) is 5.80. The fourth-order valence-corrected chi connectivity index (χ4v) is 4.21. The Balaban J connectivity index is 1.61. The molecule has 100 valence electrons. The predicted octanol–water partition coefficient (Wildman–Crippen LogP) is 2.58. The zero-order valence-electron chi connectivity index (χ0n) is 12.0. The maximum absolute atomic E-state index is 4.38. The van der Waals surface area contributed by atoms with E-state index < -0.39 is 0 Å². The third-order valence-corrected chi connectivity index (χ3v) is 5.80. The van der Waals surface area contributed by atoms with Crippen LogP contribution in [0.2, 0.25) is 0 Å². The monoisotopic (exact) mass is 247 g/mol. The molecule has 1 aromatic heterocycles. The topological polar surface area (TPSA) is 29.9 Å². The van der Waals surface area contributed by atoms with Crippen molar-refractivity contribution in [3.8, 4) is 0 Å². The van der Waals surface area contributed by atoms with Crippen LogP contribution in [0, 0.1) is 23.2 Å². The lowest BCUT2D eigenvalue weighted by molar-refractivity contribution is -0.115. The highest BCUT2D eigenvalue weighted by atomic mass is 15.1. The molecule has 0 spiro atoms. The van der Waals surface area contributed by atoms with Crippen LogP contribution in [0.1, 0.15) is 39.4 Å². The van der Waals surface area contributed by atoms with Crippen LogP contribution >= 0.6 is 0 Å². The number of aromatic nitrogens is 2. The van der Waals surface area contributed by atoms with E-state index in [2.05, 4.69) is 42.7 Å². The van der Waals surface area contributed by atoms with Crippen LogP contribution in [0.15, 0.2) is 12.4 Å². The molecule has 0 saturated heterocycles. The highest BCUT2D eigenvalue weighted by Crippen LogP contribution is 2.61. The van der Waals surface area contributed by atoms with Crippen LogP contribution < -0.4 is 5.32 Å². The number of nitrogens with zero attached hydrogens (tertiary/aromatic N) is 2. The zero-order chi connectivity index (χ0) is 12.9. The Bertz CT molecular complexity index is 435. The SMILES string of the molecule is C[C@@H]1[C@@H](NCc2nccn2C)C[C@H]2C[C@@H]1C2(C)C. The summed E-state index contributed by atoms with van der Waals surface area (Å²) in [5.74, 6) is 3.78. The van der Waals surface area contributed by atoms with E-state index in [1.165, 1.54) is 12.8 Å². The van der Waals surface area contributed by atoms with Crippen molar-refractivity contribution in [1.82, 2.24) is 14.9 Å². The maximum Gasteiger partial charge on any atom is 0.122 e. The normalized spacial score (nSPS) is 37.3. The lowest BCUT2D eigenvalue weighted by Crippen LogP contribution is -2.59. The number of hydrogen-bond donors (Lipinski definition) is 1. The molecule has 2 bridgehead atoms. The van der Waals surface area contributed by atoms with Gasteiger partial charge in [-0.15, -0.1) is 0 Å². The smallest absolute Gasteiger partial charge is 0.122 e. The van der Waals surface area contributed by atoms with Gasteiger partial charge < -0.3 is 9.88 Å². The maximum atomic E-state index is 4.38. The van der Waals surface area contributed by atoms with Crippen LogP contribution in [0.5, 0.6) is 0 Å². The van der Waals surface area contributed by atoms with Gasteiger partial charge in [0.05, 0.1) is 6.54 Å². The Morgan fingerprint density at radius 3 is 2.78 bits per heavy atom. The van der Waals surface area contributed by atoms with E-state index in [1.54, 1.807) is 0 Å². The van der Waals surface area contributed by atoms with Crippen LogP contribution in [0.4, 0.5) is 0 Å². The average Bonchev–Trinajstić information content (AvgIpc) is 2.73. The van der Waals surface area contributed by atoms with Crippen LogP contribution in [0.25, 0.3) is 0 Å². The summed E-state index contributed by atoms with van der Waals surface area (Å²) in [5, 5.41) is 3.73. The Morgan fingerprint density at radius 2 is 2.22 bits per heavy atom. The summed E-state index contributed by atoms with van der Waals surface area (Å²) in [6.07, 6.45) is 6.69. The van der Waals surface area contributed by atoms with Crippen molar-refractivity contribution in [3.05, 3.63) is 18.2 Å². The van der Waals surface area contributed by atoms with E-state index >= 15 is 0 Å². The number of hydrogen-bond acceptors (Lipinski definition) is 2. The number of rotatable bonds is 3. The highest BCUT2D eigenvalue weighted by molar-refractivity contribution is 5.07. The molecule has 1 heterocycles. The molecule has 1 N–H and O–H groups in total. The van der Waals surface area contributed by atoms with Crippen molar-refractivity contribution in [2.24, 2.45) is 30.2 Å². The zero-order valence-corrected chi connectivity index (χ0v) is 12.0. The van der Waals surface area contributed by atoms with Crippen molar-refractivity contribution in [2.45, 2.75) is 46.2 Å². The number of fused-ring (bicyclic) bond motifs is 2. The summed E-state index contributed by atoms with van der Waals surface area (Å²) in [6.45, 7) is 8.24. The second-order valence-electron chi connectivity index (χ2n) is 6.90. The highest BCUT2D eigenvalue weighted by Gasteiger charge is 2.55. The largest absolute Gasteiger partial charge is 0.337 e. The second-order valence-corrected chi connectivity index (χ2v) is 6.90. The van der Waals surface area contributed by atoms with Gasteiger partial charge in [-0.25, -0.2) is 4.98 Å². The summed E-state index contributed by atoms with van der Waals surface area (Å²) in [5.41, 5.74) is 0.584. The van der Waals surface area contributed by atoms with E-state index in [1.807, 2.05) is 12.4 Å². The van der Waals surface area contributed by atoms with Gasteiger partial charge in [0, 0.05) is 25.5 Å². The van der Waals surface area contributed by atoms with Gasteiger partial charge in [0.1, 0.15) is 5.82 Å². The van der Waals surface area contributed by atoms with Gasteiger partial charge in [-0.1, -0.05) is 20.8 Å². The van der Waals surface area contributed by atoms with Crippen molar-refractivity contribution in [3.63, 3.8) is 0 Å². The molecule has 3 nitrogen and oxygen atoms in total. The van der Waals surface area contributed by atoms with Gasteiger partial charge >= 0.3 is 0 Å². The molecular formula is C15H25N3. The van der Waals surface area contributed by atoms with E-state index in [9.17, 15) is 0 Å². The van der Waals surface area contributed by atoms with Gasteiger partial charge in [-0.05, 0) is 36.0 Å². The Hall–Kier alpha value is -0.830. The van der Waals surface area contributed by atoms with Gasteiger partial charge in [-0.3, -0.25) is 0 Å². The van der Waals surface area contributed by atoms with E-state index in [0.29, 0.717) is 11.5 Å². The molecule has 0 radical (unpaired) electrons. The van der Waals surface area contributed by atoms with Crippen molar-refractivity contribution >= 4 is 0 Å². The summed E-state index contributed by atoms with van der Waals surface area (Å²) in [7, 11) is 2.06. The van der Waals surface area contributed by atoms with Crippen LogP contribution in [0.3, 0.4) is 0 Å². The van der Waals surface area contributed by atoms with Gasteiger partial charge in [0.15, 0.2) is 0 Å². The van der Waals surface area contributed by atoms with Gasteiger partial charge in [0.2, 0.25) is 0 Å². The van der Waals surface area contributed by atoms with Crippen molar-refractivity contribution in [2.75, 3.05) is 0 Å². The number of aryl methyl sites for hydroxylation is 1. The van der Waals surface area contributed by atoms with Crippen LogP contribution in [-0.4, -0.2) is 15.6 Å². The number of nitrogens with one attached hydrogen (secondary N) is 1. The molecule has 0 amide bonds. The molecule has 4 atom stereocenters. The minimum atomic E-state index is 0.584. The molecule has 3 aliphatic rings. The first-order valence-corrected chi connectivity index (χ1v) is 7.19. The fraction of sp³-hybridized carbons (Fsp3) is 0.800. The summed E-state index contributed by atoms with van der Waals surface area (Å²) < 4.78 is 2.10. The molecule has 3 saturated carbocycles. The molecule has 0 aromatic carbocycles. The molecule has 3 fully saturated rings. The lowest BCUT2D eigenvalue weighted by atomic mass is 9.45. The minimum absolute atomic E-state index is 0.584. The predicted molar refractivity (Wildman–Crippen MR) is 73.0 cm³/mol. The summed E-state index contributed by atoms with van der Waals surface area (Å²) >= 11 is 0. The lowest BCUT2D eigenvalue weighted by Gasteiger charge is -2.62. The Labute approximate surface area is 110 Å². The van der Waals surface area contributed by atoms with Crippen molar-refractivity contribution in [1.29, 1.82) is 0 Å². The molecule has 3 heteroatoms. The quantitative estimate of drug-likeness (QED) is 0.889. The first kappa shape index (κ1) is 12.2. The molecule has 3 aliphatic carbocycles. The average molecular weight is 247 g/mol. The summed E-state index contributed by atoms with van der Waals surface area (Å²) in [4.78, 5) is 4.38. The van der Waals surface area contributed by atoms with Crippen molar-refractivity contribution < 1.29 is 0 Å². The van der Waals surface area contributed by atoms with E-state index in [0.717, 1.165) is 30.1 Å². The standard InChI is InChI=1S/C15H25N3/c1-10-12-7-11(15(12,2)3)8-13(10)17-9-14-16-5-6-18(14)4/h5-6,10-13,17H,7-9H2,1-4H3/t10-,11+,12-,13-/m0/s1. The van der Waals surface area contributed by atoms with Gasteiger partial charge in [-0.2, -0.15) is 0 Å². The molecule has 18 heavy (non-hydrogen) atoms. The third kappa shape index (κ3) is 1.71. The first-order chi connectivity index (χ1) is 8.50. The summed E-state index contributed by atoms with van der Waals surface area (Å²) in [6, 6.07) is 0.679. The molecule has 0 unspecified atom stereocenters. The number of imidazole rings is 1. The fourth-order valence-electron chi connectivity index (χ4n) is 4.21. The molecular weight excluding hydrogens is 222 g/mol.